The van der Waals surface area contributed by atoms with Gasteiger partial charge in [-0.25, -0.2) is 4.98 Å². The molecule has 5 nitrogen and oxygen atoms in total. The molecule has 0 saturated heterocycles. The smallest absolute Gasteiger partial charge is 0.234 e. The van der Waals surface area contributed by atoms with Gasteiger partial charge in [0, 0.05) is 24.4 Å². The molecule has 0 fully saturated rings. The molecule has 0 aliphatic heterocycles. The van der Waals surface area contributed by atoms with Crippen molar-refractivity contribution in [1.82, 2.24) is 4.98 Å². The molecule has 1 atom stereocenters. The summed E-state index contributed by atoms with van der Waals surface area (Å²) in [5, 5.41) is 2.51. The maximum Gasteiger partial charge on any atom is 0.234 e. The third-order valence-corrected chi connectivity index (χ3v) is 3.97. The molecule has 6 heteroatoms. The van der Waals surface area contributed by atoms with Gasteiger partial charge in [0.2, 0.25) is 5.91 Å². The van der Waals surface area contributed by atoms with E-state index in [9.17, 15) is 4.79 Å². The number of rotatable bonds is 4. The third-order valence-electron chi connectivity index (χ3n) is 3.02. The third kappa shape index (κ3) is 2.04. The molecule has 1 heterocycles. The van der Waals surface area contributed by atoms with Gasteiger partial charge in [-0.05, 0) is 18.1 Å². The predicted octanol–water partition coefficient (Wildman–Crippen LogP) is 0.685. The number of nitrogens with zero attached hydrogens (tertiary/aromatic N) is 1. The first kappa shape index (κ1) is 12.8. The van der Waals surface area contributed by atoms with Crippen LogP contribution in [0.5, 0.6) is 0 Å². The Kier molecular flexibility index (Phi) is 3.49. The minimum Gasteiger partial charge on any atom is -0.399 e. The maximum atomic E-state index is 11.9. The second-order valence-electron chi connectivity index (χ2n) is 4.17. The van der Waals surface area contributed by atoms with Crippen LogP contribution in [0, 0.1) is 0 Å². The van der Waals surface area contributed by atoms with Gasteiger partial charge in [0.15, 0.2) is 0 Å². The lowest BCUT2D eigenvalue weighted by Crippen LogP contribution is -2.42. The number of aromatic nitrogens is 1. The quantitative estimate of drug-likeness (QED) is 0.837. The topological polar surface area (TPSA) is 91.2 Å². The number of carbonyl (C=O) groups is 1. The van der Waals surface area contributed by atoms with Crippen LogP contribution in [-0.4, -0.2) is 24.6 Å². The molecule has 0 aromatic carbocycles. The Hall–Kier alpha value is -1.66. The fourth-order valence-electron chi connectivity index (χ4n) is 2.02. The van der Waals surface area contributed by atoms with Gasteiger partial charge in [-0.3, -0.25) is 4.79 Å². The summed E-state index contributed by atoms with van der Waals surface area (Å²) < 4.78 is 5.10. The second kappa shape index (κ2) is 4.91. The summed E-state index contributed by atoms with van der Waals surface area (Å²) in [7, 11) is 1.59. The average molecular weight is 265 g/mol. The number of nitrogens with two attached hydrogens (primary N) is 2. The number of allylic oxidation sites excluding steroid dienone is 1. The Morgan fingerprint density at radius 1 is 1.67 bits per heavy atom. The van der Waals surface area contributed by atoms with Crippen LogP contribution in [0.3, 0.4) is 0 Å². The van der Waals surface area contributed by atoms with Crippen molar-refractivity contribution >= 4 is 17.2 Å². The molecule has 0 radical (unpaired) electrons. The zero-order valence-corrected chi connectivity index (χ0v) is 10.9. The molecule has 1 aliphatic carbocycles. The van der Waals surface area contributed by atoms with Crippen LogP contribution in [0.2, 0.25) is 0 Å². The van der Waals surface area contributed by atoms with Crippen molar-refractivity contribution in [3.8, 4) is 0 Å². The van der Waals surface area contributed by atoms with Crippen molar-refractivity contribution in [2.24, 2.45) is 11.5 Å². The molecular weight excluding hydrogens is 250 g/mol. The summed E-state index contributed by atoms with van der Waals surface area (Å²) in [5.41, 5.74) is 12.1. The largest absolute Gasteiger partial charge is 0.399 e. The van der Waals surface area contributed by atoms with Gasteiger partial charge < -0.3 is 16.2 Å². The molecule has 1 aromatic heterocycles. The van der Waals surface area contributed by atoms with Crippen LogP contribution in [-0.2, 0) is 14.9 Å². The number of primary amides is 1. The molecule has 96 valence electrons. The van der Waals surface area contributed by atoms with E-state index >= 15 is 0 Å². The van der Waals surface area contributed by atoms with Gasteiger partial charge in [-0.2, -0.15) is 0 Å². The van der Waals surface area contributed by atoms with Gasteiger partial charge in [-0.1, -0.05) is 6.08 Å². The monoisotopic (exact) mass is 265 g/mol. The molecule has 1 aliphatic rings. The van der Waals surface area contributed by atoms with Crippen LogP contribution in [0.1, 0.15) is 11.4 Å². The molecular formula is C12H15N3O2S. The highest BCUT2D eigenvalue weighted by atomic mass is 32.1. The SMILES string of the molecule is COCC1=C(N)C=CC(C(N)=O)(c2nccs2)C1. The van der Waals surface area contributed by atoms with Crippen molar-refractivity contribution in [1.29, 1.82) is 0 Å². The number of carbonyl (C=O) groups excluding carboxylic acids is 1. The molecule has 0 bridgehead atoms. The lowest BCUT2D eigenvalue weighted by molar-refractivity contribution is -0.122. The average Bonchev–Trinajstić information content (AvgIpc) is 2.86. The zero-order valence-electron chi connectivity index (χ0n) is 10.1. The van der Waals surface area contributed by atoms with Crippen LogP contribution < -0.4 is 11.5 Å². The van der Waals surface area contributed by atoms with Crippen LogP contribution in [0.25, 0.3) is 0 Å². The van der Waals surface area contributed by atoms with E-state index in [0.717, 1.165) is 5.57 Å². The van der Waals surface area contributed by atoms with Gasteiger partial charge in [0.25, 0.3) is 0 Å². The van der Waals surface area contributed by atoms with Crippen LogP contribution in [0.4, 0.5) is 0 Å². The number of ether oxygens (including phenoxy) is 1. The number of thiazole rings is 1. The highest BCUT2D eigenvalue weighted by Gasteiger charge is 2.41. The van der Waals surface area contributed by atoms with Crippen molar-refractivity contribution in [3.05, 3.63) is 40.0 Å². The van der Waals surface area contributed by atoms with Crippen molar-refractivity contribution in [3.63, 3.8) is 0 Å². The lowest BCUT2D eigenvalue weighted by Gasteiger charge is -2.29. The highest BCUT2D eigenvalue weighted by Crippen LogP contribution is 2.37. The summed E-state index contributed by atoms with van der Waals surface area (Å²) in [6.07, 6.45) is 5.54. The Labute approximate surface area is 109 Å². The Morgan fingerprint density at radius 3 is 3.00 bits per heavy atom. The molecule has 1 amide bonds. The Balaban J connectivity index is 2.42. The van der Waals surface area contributed by atoms with Crippen molar-refractivity contribution < 1.29 is 9.53 Å². The van der Waals surface area contributed by atoms with Gasteiger partial charge in [-0.15, -0.1) is 11.3 Å². The Bertz CT molecular complexity index is 507. The fourth-order valence-corrected chi connectivity index (χ4v) is 2.84. The summed E-state index contributed by atoms with van der Waals surface area (Å²) in [6.45, 7) is 0.385. The molecule has 0 spiro atoms. The Morgan fingerprint density at radius 2 is 2.44 bits per heavy atom. The summed E-state index contributed by atoms with van der Waals surface area (Å²) in [6, 6.07) is 0. The lowest BCUT2D eigenvalue weighted by atomic mass is 9.77. The fraction of sp³-hybridized carbons (Fsp3) is 0.333. The van der Waals surface area contributed by atoms with Crippen LogP contribution >= 0.6 is 11.3 Å². The van der Waals surface area contributed by atoms with E-state index in [1.807, 2.05) is 5.38 Å². The summed E-state index contributed by atoms with van der Waals surface area (Å²) in [4.78, 5) is 16.1. The first-order valence-corrected chi connectivity index (χ1v) is 6.33. The van der Waals surface area contributed by atoms with E-state index < -0.39 is 11.3 Å². The molecule has 4 N–H and O–H groups in total. The van der Waals surface area contributed by atoms with Crippen molar-refractivity contribution in [2.45, 2.75) is 11.8 Å². The maximum absolute atomic E-state index is 11.9. The summed E-state index contributed by atoms with van der Waals surface area (Å²) >= 11 is 1.41. The summed E-state index contributed by atoms with van der Waals surface area (Å²) in [5.74, 6) is -0.421. The molecule has 1 unspecified atom stereocenters. The minimum atomic E-state index is -0.898. The van der Waals surface area contributed by atoms with Gasteiger partial charge >= 0.3 is 0 Å². The number of amides is 1. The zero-order chi connectivity index (χ0) is 13.2. The number of hydrogen-bond acceptors (Lipinski definition) is 5. The number of hydrogen-bond donors (Lipinski definition) is 2. The molecule has 1 aromatic rings. The van der Waals surface area contributed by atoms with Gasteiger partial charge in [0.05, 0.1) is 6.61 Å². The molecule has 2 rings (SSSR count). The predicted molar refractivity (Wildman–Crippen MR) is 69.8 cm³/mol. The number of methoxy groups -OCH3 is 1. The standard InChI is InChI=1S/C12H15N3O2S/c1-17-7-8-6-12(10(14)16,3-2-9(8)13)11-15-4-5-18-11/h2-5H,6-7,13H2,1H3,(H2,14,16). The van der Waals surface area contributed by atoms with Crippen molar-refractivity contribution in [2.75, 3.05) is 13.7 Å². The first-order valence-electron chi connectivity index (χ1n) is 5.45. The molecule has 18 heavy (non-hydrogen) atoms. The van der Waals surface area contributed by atoms with E-state index in [2.05, 4.69) is 4.98 Å². The van der Waals surface area contributed by atoms with Crippen LogP contribution in [0.15, 0.2) is 35.0 Å². The second-order valence-corrected chi connectivity index (χ2v) is 5.07. The normalized spacial score (nSPS) is 23.4. The van der Waals surface area contributed by atoms with Gasteiger partial charge in [0.1, 0.15) is 10.4 Å². The van der Waals surface area contributed by atoms with E-state index in [1.54, 1.807) is 25.5 Å². The van der Waals surface area contributed by atoms with E-state index in [0.29, 0.717) is 23.7 Å². The van der Waals surface area contributed by atoms with E-state index in [1.165, 1.54) is 11.3 Å². The first-order chi connectivity index (χ1) is 8.60. The highest BCUT2D eigenvalue weighted by molar-refractivity contribution is 7.09. The minimum absolute atomic E-state index is 0.385. The van der Waals surface area contributed by atoms with E-state index in [4.69, 9.17) is 16.2 Å². The molecule has 0 saturated carbocycles. The van der Waals surface area contributed by atoms with E-state index in [-0.39, 0.29) is 0 Å².